The average Bonchev–Trinajstić information content (AvgIpc) is 3.40. The Morgan fingerprint density at radius 2 is 2.03 bits per heavy atom. The summed E-state index contributed by atoms with van der Waals surface area (Å²) < 4.78 is 5.54. The molecule has 2 atom stereocenters. The van der Waals surface area contributed by atoms with Crippen LogP contribution in [-0.2, 0) is 10.2 Å². The number of nitrogens with two attached hydrogens (primary N) is 2. The molecule has 2 aromatic heterocycles. The van der Waals surface area contributed by atoms with Crippen LogP contribution in [-0.4, -0.2) is 44.1 Å². The first kappa shape index (κ1) is 23.2. The smallest absolute Gasteiger partial charge is 0.270 e. The van der Waals surface area contributed by atoms with E-state index in [0.717, 1.165) is 16.8 Å². The van der Waals surface area contributed by atoms with Crippen LogP contribution >= 0.6 is 0 Å². The molecule has 34 heavy (non-hydrogen) atoms. The van der Waals surface area contributed by atoms with E-state index >= 15 is 0 Å². The molecule has 0 aliphatic carbocycles. The molecule has 2 aliphatic rings. The van der Waals surface area contributed by atoms with Crippen LogP contribution in [0.25, 0.3) is 5.57 Å². The average molecular weight is 464 g/mol. The van der Waals surface area contributed by atoms with E-state index in [1.165, 1.54) is 6.26 Å². The third kappa shape index (κ3) is 3.85. The van der Waals surface area contributed by atoms with Gasteiger partial charge in [0.25, 0.3) is 11.8 Å². The predicted molar refractivity (Wildman–Crippen MR) is 127 cm³/mol. The first-order valence-electron chi connectivity index (χ1n) is 11.0. The molecule has 2 amide bonds. The number of primary amides is 2. The lowest BCUT2D eigenvalue weighted by molar-refractivity contribution is -0.114. The zero-order chi connectivity index (χ0) is 24.8. The summed E-state index contributed by atoms with van der Waals surface area (Å²) in [5, 5.41) is 1.93. The van der Waals surface area contributed by atoms with Gasteiger partial charge < -0.3 is 21.3 Å². The third-order valence-electron chi connectivity index (χ3n) is 6.69. The maximum atomic E-state index is 12.4. The molecule has 5 N–H and O–H groups in total. The van der Waals surface area contributed by atoms with Gasteiger partial charge in [-0.25, -0.2) is 4.98 Å². The van der Waals surface area contributed by atoms with Crippen molar-refractivity contribution in [2.45, 2.75) is 58.0 Å². The second-order valence-corrected chi connectivity index (χ2v) is 9.49. The number of aliphatic imine (C=N–C) groups is 1. The van der Waals surface area contributed by atoms with Crippen molar-refractivity contribution in [3.63, 3.8) is 0 Å². The molecule has 0 radical (unpaired) electrons. The highest BCUT2D eigenvalue weighted by molar-refractivity contribution is 6.25. The molecule has 178 valence electrons. The minimum atomic E-state index is -0.703. The number of hydrogen-bond donors (Lipinski definition) is 3. The van der Waals surface area contributed by atoms with Gasteiger partial charge in [0.15, 0.2) is 5.69 Å². The first-order chi connectivity index (χ1) is 15.9. The topological polar surface area (TPSA) is 153 Å². The predicted octanol–water partition coefficient (Wildman–Crippen LogP) is 1.98. The number of nitrogens with zero attached hydrogens (tertiary/aromatic N) is 4. The summed E-state index contributed by atoms with van der Waals surface area (Å²) in [7, 11) is 0. The maximum Gasteiger partial charge on any atom is 0.270 e. The van der Waals surface area contributed by atoms with Crippen LogP contribution < -0.4 is 16.9 Å². The quantitative estimate of drug-likeness (QED) is 0.592. The normalized spacial score (nSPS) is 22.0. The Labute approximate surface area is 197 Å². The van der Waals surface area contributed by atoms with Crippen molar-refractivity contribution in [2.24, 2.45) is 16.5 Å². The fourth-order valence-electron chi connectivity index (χ4n) is 4.12. The Bertz CT molecular complexity index is 1240. The van der Waals surface area contributed by atoms with Crippen molar-refractivity contribution in [3.05, 3.63) is 65.4 Å². The van der Waals surface area contributed by atoms with Gasteiger partial charge in [-0.2, -0.15) is 0 Å². The standard InChI is InChI=1S/C24H29N7O3/c1-13-6-7-15(9-27-13)16-8-24(5)19(17(20(25)32)10-28-31(24)11-16)29-14(2)23(3,4)22-30-18(12-34-22)21(26)33/h6-7,9-12,14,28H,8H2,1-5H3,(H2,25,32)(H2,26,33)/t14-,24?/m1/s1. The summed E-state index contributed by atoms with van der Waals surface area (Å²) in [4.78, 5) is 37.5. The van der Waals surface area contributed by atoms with Crippen LogP contribution in [0, 0.1) is 6.92 Å². The lowest BCUT2D eigenvalue weighted by atomic mass is 9.81. The molecular formula is C24H29N7O3. The van der Waals surface area contributed by atoms with Crippen molar-refractivity contribution in [3.8, 4) is 0 Å². The fourth-order valence-corrected chi connectivity index (χ4v) is 4.12. The Morgan fingerprint density at radius 1 is 1.29 bits per heavy atom. The van der Waals surface area contributed by atoms with Crippen molar-refractivity contribution in [2.75, 3.05) is 0 Å². The SMILES string of the molecule is Cc1ccc(C2=CN3NC=C(C(N)=O)C(=N[C@H](C)C(C)(C)c4nc(C(N)=O)co4)C3(C)C2)cn1. The number of aromatic nitrogens is 2. The molecule has 10 nitrogen and oxygen atoms in total. The second kappa shape index (κ2) is 8.12. The third-order valence-corrected chi connectivity index (χ3v) is 6.69. The Morgan fingerprint density at radius 3 is 2.62 bits per heavy atom. The van der Waals surface area contributed by atoms with Crippen molar-refractivity contribution in [1.82, 2.24) is 20.4 Å². The van der Waals surface area contributed by atoms with Crippen LogP contribution in [0.4, 0.5) is 0 Å². The van der Waals surface area contributed by atoms with Crippen LogP contribution in [0.5, 0.6) is 0 Å². The molecule has 0 bridgehead atoms. The van der Waals surface area contributed by atoms with E-state index < -0.39 is 22.8 Å². The van der Waals surface area contributed by atoms with Crippen molar-refractivity contribution < 1.29 is 14.0 Å². The maximum absolute atomic E-state index is 12.4. The molecule has 0 spiro atoms. The summed E-state index contributed by atoms with van der Waals surface area (Å²) >= 11 is 0. The first-order valence-corrected chi connectivity index (χ1v) is 11.0. The van der Waals surface area contributed by atoms with Gasteiger partial charge in [0.2, 0.25) is 5.89 Å². The van der Waals surface area contributed by atoms with E-state index in [-0.39, 0.29) is 11.7 Å². The highest BCUT2D eigenvalue weighted by Crippen LogP contribution is 2.41. The van der Waals surface area contributed by atoms with Gasteiger partial charge in [-0.3, -0.25) is 24.6 Å². The molecule has 0 saturated heterocycles. The minimum absolute atomic E-state index is 0.0528. The fraction of sp³-hybridized carbons (Fsp3) is 0.375. The van der Waals surface area contributed by atoms with Gasteiger partial charge in [0.05, 0.1) is 22.7 Å². The number of rotatable bonds is 6. The van der Waals surface area contributed by atoms with E-state index in [1.807, 2.05) is 64.2 Å². The number of hydrazine groups is 1. The summed E-state index contributed by atoms with van der Waals surface area (Å²) in [6, 6.07) is 3.61. The van der Waals surface area contributed by atoms with E-state index in [1.54, 1.807) is 6.20 Å². The van der Waals surface area contributed by atoms with Gasteiger partial charge >= 0.3 is 0 Å². The monoisotopic (exact) mass is 463 g/mol. The summed E-state index contributed by atoms with van der Waals surface area (Å²) in [5.74, 6) is -0.912. The number of carbonyl (C=O) groups excluding carboxylic acids is 2. The highest BCUT2D eigenvalue weighted by atomic mass is 16.3. The number of fused-ring (bicyclic) bond motifs is 1. The zero-order valence-electron chi connectivity index (χ0n) is 19.9. The number of nitrogens with one attached hydrogen (secondary N) is 1. The number of carbonyl (C=O) groups is 2. The number of oxazole rings is 1. The van der Waals surface area contributed by atoms with Crippen molar-refractivity contribution >= 4 is 23.1 Å². The molecule has 0 fully saturated rings. The van der Waals surface area contributed by atoms with E-state index in [4.69, 9.17) is 20.9 Å². The van der Waals surface area contributed by atoms with Gasteiger partial charge in [0.1, 0.15) is 11.8 Å². The Kier molecular flexibility index (Phi) is 5.55. The lowest BCUT2D eigenvalue weighted by Gasteiger charge is -2.42. The van der Waals surface area contributed by atoms with E-state index in [9.17, 15) is 9.59 Å². The summed E-state index contributed by atoms with van der Waals surface area (Å²) in [6.45, 7) is 9.67. The van der Waals surface area contributed by atoms with Crippen LogP contribution in [0.3, 0.4) is 0 Å². The molecule has 2 aromatic rings. The second-order valence-electron chi connectivity index (χ2n) is 9.49. The Balaban J connectivity index is 1.72. The van der Waals surface area contributed by atoms with Crippen LogP contribution in [0.2, 0.25) is 0 Å². The van der Waals surface area contributed by atoms with Gasteiger partial charge in [-0.15, -0.1) is 0 Å². The number of amides is 2. The number of hydrogen-bond acceptors (Lipinski definition) is 8. The van der Waals surface area contributed by atoms with Crippen LogP contribution in [0.15, 0.2) is 52.0 Å². The zero-order valence-corrected chi connectivity index (χ0v) is 19.9. The van der Waals surface area contributed by atoms with E-state index in [2.05, 4.69) is 15.4 Å². The molecule has 1 unspecified atom stereocenters. The molecule has 0 aromatic carbocycles. The molecule has 2 aliphatic heterocycles. The lowest BCUT2D eigenvalue weighted by Crippen LogP contribution is -2.57. The number of pyridine rings is 1. The van der Waals surface area contributed by atoms with Crippen molar-refractivity contribution in [1.29, 1.82) is 0 Å². The molecule has 4 heterocycles. The summed E-state index contributed by atoms with van der Waals surface area (Å²) in [5.41, 5.74) is 16.8. The van der Waals surface area contributed by atoms with Gasteiger partial charge in [-0.05, 0) is 51.8 Å². The highest BCUT2D eigenvalue weighted by Gasteiger charge is 2.47. The van der Waals surface area contributed by atoms with Gasteiger partial charge in [0, 0.05) is 30.7 Å². The Hall–Kier alpha value is -3.95. The molecular weight excluding hydrogens is 434 g/mol. The van der Waals surface area contributed by atoms with Gasteiger partial charge in [-0.1, -0.05) is 6.07 Å². The molecule has 4 rings (SSSR count). The molecule has 10 heteroatoms. The minimum Gasteiger partial charge on any atom is -0.447 e. The number of aryl methyl sites for hydroxylation is 1. The largest absolute Gasteiger partial charge is 0.447 e. The van der Waals surface area contributed by atoms with E-state index in [0.29, 0.717) is 23.6 Å². The van der Waals surface area contributed by atoms with Crippen LogP contribution in [0.1, 0.15) is 61.8 Å². The summed E-state index contributed by atoms with van der Waals surface area (Å²) in [6.07, 6.45) is 7.24. The molecule has 0 saturated carbocycles.